The third-order valence-electron chi connectivity index (χ3n) is 5.27. The van der Waals surface area contributed by atoms with E-state index >= 15 is 0 Å². The first-order valence-corrected chi connectivity index (χ1v) is 11.2. The van der Waals surface area contributed by atoms with Gasteiger partial charge in [-0.3, -0.25) is 9.59 Å². The lowest BCUT2D eigenvalue weighted by molar-refractivity contribution is -0.143. The molecular weight excluding hydrogens is 440 g/mol. The number of benzene rings is 2. The molecule has 2 N–H and O–H groups in total. The molecule has 0 spiro atoms. The van der Waals surface area contributed by atoms with Gasteiger partial charge in [0.1, 0.15) is 18.4 Å². The van der Waals surface area contributed by atoms with Crippen molar-refractivity contribution in [3.05, 3.63) is 64.7 Å². The molecule has 0 bridgehead atoms. The number of hydrogen-bond donors (Lipinski definition) is 2. The Kier molecular flexibility index (Phi) is 8.16. The molecule has 0 fully saturated rings. The van der Waals surface area contributed by atoms with E-state index in [2.05, 4.69) is 10.6 Å². The topological polar surface area (TPSA) is 93.7 Å². The van der Waals surface area contributed by atoms with Gasteiger partial charge < -0.3 is 20.1 Å². The van der Waals surface area contributed by atoms with Crippen molar-refractivity contribution in [2.75, 3.05) is 13.7 Å². The van der Waals surface area contributed by atoms with E-state index in [-0.39, 0.29) is 43.2 Å². The van der Waals surface area contributed by atoms with Crippen LogP contribution in [-0.4, -0.2) is 42.3 Å². The summed E-state index contributed by atoms with van der Waals surface area (Å²) >= 11 is 5.29. The second kappa shape index (κ2) is 11.0. The molecule has 0 aliphatic carbocycles. The highest BCUT2D eigenvalue weighted by Gasteiger charge is 2.23. The van der Waals surface area contributed by atoms with Crippen LogP contribution in [0.1, 0.15) is 47.3 Å². The molecule has 1 aliphatic rings. The third-order valence-corrected chi connectivity index (χ3v) is 5.53. The van der Waals surface area contributed by atoms with Crippen molar-refractivity contribution in [3.8, 4) is 5.75 Å². The number of ketones is 1. The van der Waals surface area contributed by atoms with Crippen LogP contribution in [0.4, 0.5) is 0 Å². The Labute approximate surface area is 198 Å². The Morgan fingerprint density at radius 3 is 2.64 bits per heavy atom. The fourth-order valence-corrected chi connectivity index (χ4v) is 3.89. The normalized spacial score (nSPS) is 13.2. The Morgan fingerprint density at radius 1 is 1.15 bits per heavy atom. The first kappa shape index (κ1) is 24.4. The van der Waals surface area contributed by atoms with E-state index in [0.717, 1.165) is 11.1 Å². The molecule has 0 unspecified atom stereocenters. The number of ether oxygens (including phenoxy) is 2. The van der Waals surface area contributed by atoms with Crippen LogP contribution >= 0.6 is 12.2 Å². The van der Waals surface area contributed by atoms with Crippen LogP contribution in [0.3, 0.4) is 0 Å². The number of amides is 1. The minimum atomic E-state index is -0.550. The first-order chi connectivity index (χ1) is 15.8. The van der Waals surface area contributed by atoms with Crippen LogP contribution in [0.2, 0.25) is 0 Å². The van der Waals surface area contributed by atoms with E-state index in [1.165, 1.54) is 7.11 Å². The molecular formula is C25H28N2O5S. The smallest absolute Gasteiger partial charge is 0.328 e. The lowest BCUT2D eigenvalue weighted by Crippen LogP contribution is -2.45. The van der Waals surface area contributed by atoms with Gasteiger partial charge in [-0.1, -0.05) is 56.4 Å². The second-order valence-corrected chi connectivity index (χ2v) is 8.82. The van der Waals surface area contributed by atoms with Crippen LogP contribution in [0.5, 0.6) is 5.75 Å². The highest BCUT2D eigenvalue weighted by molar-refractivity contribution is 7.80. The predicted molar refractivity (Wildman–Crippen MR) is 128 cm³/mol. The molecule has 1 atom stereocenters. The van der Waals surface area contributed by atoms with Gasteiger partial charge in [-0.2, -0.15) is 0 Å². The Morgan fingerprint density at radius 2 is 1.91 bits per heavy atom. The lowest BCUT2D eigenvalue weighted by Gasteiger charge is -2.20. The minimum absolute atomic E-state index is 0.0907. The maximum Gasteiger partial charge on any atom is 0.328 e. The van der Waals surface area contributed by atoms with Crippen molar-refractivity contribution < 1.29 is 23.9 Å². The second-order valence-electron chi connectivity index (χ2n) is 8.33. The molecule has 1 heterocycles. The van der Waals surface area contributed by atoms with Gasteiger partial charge in [0.25, 0.3) is 0 Å². The molecule has 1 aliphatic heterocycles. The molecule has 2 aromatic carbocycles. The number of methoxy groups -OCH3 is 1. The number of carbonyl (C=O) groups excluding carboxylic acids is 3. The average molecular weight is 469 g/mol. The number of thiocarbonyl (C=S) groups is 1. The summed E-state index contributed by atoms with van der Waals surface area (Å²) in [7, 11) is 1.33. The van der Waals surface area contributed by atoms with E-state index < -0.39 is 6.04 Å². The van der Waals surface area contributed by atoms with Gasteiger partial charge in [0.15, 0.2) is 5.78 Å². The fraction of sp³-hybridized carbons (Fsp3) is 0.360. The van der Waals surface area contributed by atoms with Crippen molar-refractivity contribution in [2.45, 2.75) is 39.3 Å². The van der Waals surface area contributed by atoms with Gasteiger partial charge in [0, 0.05) is 11.1 Å². The van der Waals surface area contributed by atoms with Crippen molar-refractivity contribution in [1.82, 2.24) is 10.6 Å². The zero-order valence-electron chi connectivity index (χ0n) is 19.0. The summed E-state index contributed by atoms with van der Waals surface area (Å²) in [6.07, 6.45) is 0.698. The Balaban J connectivity index is 1.57. The zero-order valence-corrected chi connectivity index (χ0v) is 19.8. The Bertz CT molecular complexity index is 1070. The summed E-state index contributed by atoms with van der Waals surface area (Å²) in [4.78, 5) is 37.6. The molecule has 1 amide bonds. The van der Waals surface area contributed by atoms with Gasteiger partial charge in [0.2, 0.25) is 5.91 Å². The van der Waals surface area contributed by atoms with E-state index in [1.54, 1.807) is 30.3 Å². The van der Waals surface area contributed by atoms with Crippen LogP contribution in [0.15, 0.2) is 42.5 Å². The molecule has 0 saturated carbocycles. The molecule has 8 heteroatoms. The predicted octanol–water partition coefficient (Wildman–Crippen LogP) is 2.97. The van der Waals surface area contributed by atoms with E-state index in [0.29, 0.717) is 28.3 Å². The average Bonchev–Trinajstić information content (AvgIpc) is 2.93. The van der Waals surface area contributed by atoms with Crippen LogP contribution in [-0.2, 0) is 27.4 Å². The lowest BCUT2D eigenvalue weighted by atomic mass is 9.96. The van der Waals surface area contributed by atoms with Crippen molar-refractivity contribution in [1.29, 1.82) is 0 Å². The molecule has 33 heavy (non-hydrogen) atoms. The summed E-state index contributed by atoms with van der Waals surface area (Å²) in [5, 5.41) is 5.74. The van der Waals surface area contributed by atoms with Crippen molar-refractivity contribution >= 4 is 34.9 Å². The molecule has 3 rings (SSSR count). The van der Waals surface area contributed by atoms with Gasteiger partial charge in [-0.05, 0) is 30.0 Å². The Hall–Kier alpha value is -3.26. The van der Waals surface area contributed by atoms with E-state index in [4.69, 9.17) is 21.7 Å². The van der Waals surface area contributed by atoms with Gasteiger partial charge >= 0.3 is 5.97 Å². The van der Waals surface area contributed by atoms with Crippen molar-refractivity contribution in [3.63, 3.8) is 0 Å². The van der Waals surface area contributed by atoms with E-state index in [1.807, 2.05) is 26.0 Å². The molecule has 7 nitrogen and oxygen atoms in total. The number of carbonyl (C=O) groups is 3. The minimum Gasteiger partial charge on any atom is -0.488 e. The first-order valence-electron chi connectivity index (χ1n) is 10.8. The van der Waals surface area contributed by atoms with Gasteiger partial charge in [0.05, 0.1) is 30.6 Å². The van der Waals surface area contributed by atoms with Crippen molar-refractivity contribution in [2.24, 2.45) is 5.92 Å². The SMILES string of the molecule is COC(=O)[C@H](CC(C)C)NC(=S)CNC(=O)Cc1ccc2c(c1)COc1ccccc1C2=O. The maximum absolute atomic E-state index is 12.8. The summed E-state index contributed by atoms with van der Waals surface area (Å²) in [5.74, 6) is 0.132. The van der Waals surface area contributed by atoms with Crippen LogP contribution in [0.25, 0.3) is 0 Å². The van der Waals surface area contributed by atoms with E-state index in [9.17, 15) is 14.4 Å². The largest absolute Gasteiger partial charge is 0.488 e. The van der Waals surface area contributed by atoms with Gasteiger partial charge in [-0.15, -0.1) is 0 Å². The van der Waals surface area contributed by atoms with Crippen LogP contribution in [0, 0.1) is 5.92 Å². The van der Waals surface area contributed by atoms with Gasteiger partial charge in [-0.25, -0.2) is 4.79 Å². The number of rotatable bonds is 8. The summed E-state index contributed by atoms with van der Waals surface area (Å²) in [5.41, 5.74) is 2.62. The highest BCUT2D eigenvalue weighted by atomic mass is 32.1. The quantitative estimate of drug-likeness (QED) is 0.454. The summed E-state index contributed by atoms with van der Waals surface area (Å²) < 4.78 is 10.6. The molecule has 0 saturated heterocycles. The third kappa shape index (κ3) is 6.38. The van der Waals surface area contributed by atoms with Crippen LogP contribution < -0.4 is 15.4 Å². The summed E-state index contributed by atoms with van der Waals surface area (Å²) in [6, 6.07) is 11.9. The standard InChI is InChI=1S/C25H28N2O5S/c1-15(2)10-20(25(30)31-3)27-23(33)13-26-22(28)12-16-8-9-18-17(11-16)14-32-21-7-5-4-6-19(21)24(18)29/h4-9,11,15,20H,10,12-14H2,1-3H3,(H,26,28)(H,27,33)/t20-/m0/s1. The molecule has 0 aromatic heterocycles. The highest BCUT2D eigenvalue weighted by Crippen LogP contribution is 2.28. The number of esters is 1. The zero-order chi connectivity index (χ0) is 24.0. The molecule has 0 radical (unpaired) electrons. The molecule has 174 valence electrons. The maximum atomic E-state index is 12.8. The monoisotopic (exact) mass is 468 g/mol. The summed E-state index contributed by atoms with van der Waals surface area (Å²) in [6.45, 7) is 4.37. The number of hydrogen-bond acceptors (Lipinski definition) is 6. The number of nitrogens with one attached hydrogen (secondary N) is 2. The number of fused-ring (bicyclic) bond motifs is 2. The number of para-hydroxylation sites is 1. The fourth-order valence-electron chi connectivity index (χ4n) is 3.68. The molecule has 2 aromatic rings.